The van der Waals surface area contributed by atoms with E-state index in [9.17, 15) is 5.11 Å². The molecule has 0 aliphatic rings. The molecule has 0 saturated heterocycles. The lowest BCUT2D eigenvalue weighted by Crippen LogP contribution is -2.04. The van der Waals surface area contributed by atoms with Crippen LogP contribution in [0.2, 0.25) is 0 Å². The van der Waals surface area contributed by atoms with Crippen LogP contribution < -0.4 is 5.32 Å². The molecule has 7 heteroatoms. The van der Waals surface area contributed by atoms with Gasteiger partial charge in [0, 0.05) is 15.5 Å². The number of nitrogens with zero attached hydrogens (tertiary/aromatic N) is 3. The van der Waals surface area contributed by atoms with E-state index in [4.69, 9.17) is 12.2 Å². The molecule has 4 aromatic rings. The van der Waals surface area contributed by atoms with E-state index in [2.05, 4.69) is 69.6 Å². The number of aryl methyl sites for hydroxylation is 2. The summed E-state index contributed by atoms with van der Waals surface area (Å²) in [6.45, 7) is 4.69. The minimum Gasteiger partial charge on any atom is -0.493 e. The second-order valence-corrected chi connectivity index (χ2v) is 8.89. The van der Waals surface area contributed by atoms with Crippen LogP contribution in [0.3, 0.4) is 0 Å². The maximum absolute atomic E-state index is 11.0. The number of nitrogens with one attached hydrogen (secondary N) is 1. The van der Waals surface area contributed by atoms with Gasteiger partial charge in [-0.25, -0.2) is 0 Å². The second-order valence-electron chi connectivity index (χ2n) is 7.59. The van der Waals surface area contributed by atoms with E-state index in [0.29, 0.717) is 12.2 Å². The lowest BCUT2D eigenvalue weighted by molar-refractivity contribution is 0.429. The molecule has 1 aromatic heterocycles. The van der Waals surface area contributed by atoms with Gasteiger partial charge in [0.05, 0.1) is 12.1 Å². The summed E-state index contributed by atoms with van der Waals surface area (Å²) in [7, 11) is 0. The van der Waals surface area contributed by atoms with Crippen molar-refractivity contribution in [3.63, 3.8) is 0 Å². The molecule has 32 heavy (non-hydrogen) atoms. The molecule has 0 fully saturated rings. The summed E-state index contributed by atoms with van der Waals surface area (Å²) in [6, 6.07) is 22.1. The zero-order valence-corrected chi connectivity index (χ0v) is 20.2. The first-order valence-electron chi connectivity index (χ1n) is 10.3. The summed E-state index contributed by atoms with van der Waals surface area (Å²) in [4.78, 5) is 0. The van der Waals surface area contributed by atoms with Gasteiger partial charge in [0.2, 0.25) is 11.0 Å². The van der Waals surface area contributed by atoms with Crippen LogP contribution in [0.1, 0.15) is 23.6 Å². The maximum Gasteiger partial charge on any atom is 0.221 e. The molecule has 0 amide bonds. The summed E-state index contributed by atoms with van der Waals surface area (Å²) in [5, 5.41) is 23.6. The first kappa shape index (κ1) is 22.2. The van der Waals surface area contributed by atoms with E-state index in [1.807, 2.05) is 47.0 Å². The first-order chi connectivity index (χ1) is 15.4. The quantitative estimate of drug-likeness (QED) is 0.217. The Bertz CT molecular complexity index is 1290. The fraction of sp³-hybridized carbons (Fsp3) is 0.160. The van der Waals surface area contributed by atoms with E-state index >= 15 is 0 Å². The van der Waals surface area contributed by atoms with Crippen LogP contribution in [-0.4, -0.2) is 14.8 Å². The van der Waals surface area contributed by atoms with Gasteiger partial charge in [0.15, 0.2) is 5.69 Å². The van der Waals surface area contributed by atoms with Crippen LogP contribution in [0.25, 0.3) is 10.9 Å². The van der Waals surface area contributed by atoms with Crippen LogP contribution in [0.5, 0.6) is 5.88 Å². The number of azo groups is 1. The Morgan fingerprint density at radius 3 is 2.41 bits per heavy atom. The Hall–Kier alpha value is -3.03. The standard InChI is InChI=1S/C25H23BrN4OS/c1-3-17-8-11-20(12-9-17)27-25(32)29-28-23-21-14-19(26)10-13-22(21)30(24(23)31)15-18-6-4-16(2)5-7-18/h4-14,31H,3,15H2,1-2H3,(H,27,32). The van der Waals surface area contributed by atoms with Crippen molar-refractivity contribution in [1.82, 2.24) is 4.57 Å². The highest BCUT2D eigenvalue weighted by atomic mass is 79.9. The minimum absolute atomic E-state index is 0.0533. The largest absolute Gasteiger partial charge is 0.493 e. The lowest BCUT2D eigenvalue weighted by Gasteiger charge is -2.07. The maximum atomic E-state index is 11.0. The number of benzene rings is 3. The summed E-state index contributed by atoms with van der Waals surface area (Å²) in [6.07, 6.45) is 0.978. The first-order valence-corrected chi connectivity index (χ1v) is 11.5. The molecule has 0 aliphatic heterocycles. The molecule has 0 saturated carbocycles. The van der Waals surface area contributed by atoms with Gasteiger partial charge in [-0.2, -0.15) is 0 Å². The average Bonchev–Trinajstić information content (AvgIpc) is 3.04. The zero-order chi connectivity index (χ0) is 22.7. The number of anilines is 1. The van der Waals surface area contributed by atoms with Gasteiger partial charge in [0.25, 0.3) is 0 Å². The number of rotatable bonds is 5. The van der Waals surface area contributed by atoms with Crippen molar-refractivity contribution in [3.05, 3.63) is 87.9 Å². The van der Waals surface area contributed by atoms with E-state index in [-0.39, 0.29) is 11.0 Å². The minimum atomic E-state index is 0.0533. The monoisotopic (exact) mass is 506 g/mol. The van der Waals surface area contributed by atoms with Crippen LogP contribution in [0.15, 0.2) is 81.4 Å². The third kappa shape index (κ3) is 4.89. The molecule has 0 bridgehead atoms. The van der Waals surface area contributed by atoms with E-state index in [1.54, 1.807) is 0 Å². The normalized spacial score (nSPS) is 11.3. The van der Waals surface area contributed by atoms with Crippen LogP contribution in [0, 0.1) is 6.92 Å². The molecule has 4 rings (SSSR count). The van der Waals surface area contributed by atoms with Crippen molar-refractivity contribution in [3.8, 4) is 5.88 Å². The van der Waals surface area contributed by atoms with E-state index in [0.717, 1.165) is 33.0 Å². The smallest absolute Gasteiger partial charge is 0.221 e. The topological polar surface area (TPSA) is 61.9 Å². The van der Waals surface area contributed by atoms with Gasteiger partial charge in [-0.1, -0.05) is 64.8 Å². The highest BCUT2D eigenvalue weighted by Crippen LogP contribution is 2.40. The predicted molar refractivity (Wildman–Crippen MR) is 138 cm³/mol. The highest BCUT2D eigenvalue weighted by molar-refractivity contribution is 9.10. The van der Waals surface area contributed by atoms with Gasteiger partial charge in [0.1, 0.15) is 0 Å². The van der Waals surface area contributed by atoms with Crippen molar-refractivity contribution < 1.29 is 5.11 Å². The molecule has 2 N–H and O–H groups in total. The van der Waals surface area contributed by atoms with E-state index < -0.39 is 0 Å². The van der Waals surface area contributed by atoms with Crippen molar-refractivity contribution in [1.29, 1.82) is 0 Å². The Balaban J connectivity index is 1.63. The Morgan fingerprint density at radius 2 is 1.72 bits per heavy atom. The summed E-state index contributed by atoms with van der Waals surface area (Å²) in [5.41, 5.74) is 5.63. The summed E-state index contributed by atoms with van der Waals surface area (Å²) >= 11 is 8.85. The molecule has 0 aliphatic carbocycles. The number of aromatic hydroxyl groups is 1. The lowest BCUT2D eigenvalue weighted by atomic mass is 10.1. The molecule has 162 valence electrons. The number of fused-ring (bicyclic) bond motifs is 1. The molecule has 0 unspecified atom stereocenters. The van der Waals surface area contributed by atoms with Crippen molar-refractivity contribution >= 4 is 55.5 Å². The number of aromatic nitrogens is 1. The average molecular weight is 507 g/mol. The second kappa shape index (κ2) is 9.63. The van der Waals surface area contributed by atoms with Gasteiger partial charge in [-0.3, -0.25) is 0 Å². The molecular weight excluding hydrogens is 484 g/mol. The molecule has 0 spiro atoms. The number of hydrogen-bond donors (Lipinski definition) is 2. The molecule has 3 aromatic carbocycles. The van der Waals surface area contributed by atoms with Gasteiger partial charge in [-0.05, 0) is 67.0 Å². The highest BCUT2D eigenvalue weighted by Gasteiger charge is 2.17. The number of thiocarbonyl (C=S) groups is 1. The van der Waals surface area contributed by atoms with Gasteiger partial charge >= 0.3 is 0 Å². The van der Waals surface area contributed by atoms with E-state index in [1.165, 1.54) is 11.1 Å². The fourth-order valence-corrected chi connectivity index (χ4v) is 4.02. The Labute approximate surface area is 200 Å². The third-order valence-corrected chi connectivity index (χ3v) is 5.96. The van der Waals surface area contributed by atoms with Crippen LogP contribution in [-0.2, 0) is 13.0 Å². The Morgan fingerprint density at radius 1 is 1.03 bits per heavy atom. The van der Waals surface area contributed by atoms with Gasteiger partial charge in [-0.15, -0.1) is 10.2 Å². The predicted octanol–water partition coefficient (Wildman–Crippen LogP) is 7.51. The Kier molecular flexibility index (Phi) is 6.67. The van der Waals surface area contributed by atoms with Crippen molar-refractivity contribution in [2.24, 2.45) is 10.2 Å². The molecule has 5 nitrogen and oxygen atoms in total. The number of hydrogen-bond acceptors (Lipinski definition) is 3. The van der Waals surface area contributed by atoms with Gasteiger partial charge < -0.3 is 15.0 Å². The van der Waals surface area contributed by atoms with Crippen molar-refractivity contribution in [2.45, 2.75) is 26.8 Å². The van der Waals surface area contributed by atoms with Crippen LogP contribution in [0.4, 0.5) is 11.4 Å². The molecule has 1 heterocycles. The third-order valence-electron chi connectivity index (χ3n) is 5.29. The molecule has 0 atom stereocenters. The SMILES string of the molecule is CCc1ccc(NC(=S)N=Nc2c(O)n(Cc3ccc(C)cc3)c3ccc(Br)cc23)cc1. The molecule has 0 radical (unpaired) electrons. The van der Waals surface area contributed by atoms with Crippen LogP contribution >= 0.6 is 28.1 Å². The summed E-state index contributed by atoms with van der Waals surface area (Å²) < 4.78 is 2.73. The fourth-order valence-electron chi connectivity index (χ4n) is 3.50. The summed E-state index contributed by atoms with van der Waals surface area (Å²) in [5.74, 6) is 0.0533. The molecular formula is C25H23BrN4OS. The van der Waals surface area contributed by atoms with Crippen molar-refractivity contribution in [2.75, 3.05) is 5.32 Å². The zero-order valence-electron chi connectivity index (χ0n) is 17.8. The number of halogens is 1.